The fourth-order valence-corrected chi connectivity index (χ4v) is 2.22. The zero-order valence-corrected chi connectivity index (χ0v) is 12.7. The fourth-order valence-electron chi connectivity index (χ4n) is 2.22. The maximum absolute atomic E-state index is 12.2. The molecule has 0 unspecified atom stereocenters. The van der Waals surface area contributed by atoms with E-state index in [2.05, 4.69) is 4.74 Å². The minimum atomic E-state index is -4.72. The van der Waals surface area contributed by atoms with E-state index in [1.165, 1.54) is 24.3 Å². The van der Waals surface area contributed by atoms with Gasteiger partial charge >= 0.3 is 6.36 Å². The summed E-state index contributed by atoms with van der Waals surface area (Å²) in [4.78, 5) is 0. The Morgan fingerprint density at radius 3 is 2.21 bits per heavy atom. The number of hydrogen-bond donors (Lipinski definition) is 1. The molecule has 124 valence electrons. The average Bonchev–Trinajstić information content (AvgIpc) is 2.49. The summed E-state index contributed by atoms with van der Waals surface area (Å²) in [6, 6.07) is 10.4. The molecule has 0 aliphatic carbocycles. The Hall–Kier alpha value is -2.96. The van der Waals surface area contributed by atoms with Gasteiger partial charge in [0, 0.05) is 24.7 Å². The molecule has 0 aromatic heterocycles. The molecule has 0 spiro atoms. The molecule has 7 heteroatoms. The summed E-state index contributed by atoms with van der Waals surface area (Å²) in [7, 11) is 0. The van der Waals surface area contributed by atoms with Gasteiger partial charge in [-0.1, -0.05) is 0 Å². The van der Waals surface area contributed by atoms with E-state index in [0.29, 0.717) is 17.2 Å². The van der Waals surface area contributed by atoms with Crippen LogP contribution in [0.1, 0.15) is 6.92 Å². The second kappa shape index (κ2) is 5.92. The first-order valence-corrected chi connectivity index (χ1v) is 7.06. The van der Waals surface area contributed by atoms with Crippen LogP contribution in [0, 0.1) is 0 Å². The molecule has 2 aromatic carbocycles. The molecule has 3 rings (SSSR count). The van der Waals surface area contributed by atoms with E-state index in [0.717, 1.165) is 11.4 Å². The van der Waals surface area contributed by atoms with Crippen LogP contribution in [-0.4, -0.2) is 16.6 Å². The molecule has 1 aliphatic rings. The van der Waals surface area contributed by atoms with Crippen LogP contribution in [0.5, 0.6) is 17.2 Å². The second-order valence-corrected chi connectivity index (χ2v) is 5.18. The zero-order valence-electron chi connectivity index (χ0n) is 12.7. The number of hydrogen-bond acceptors (Lipinski definition) is 3. The van der Waals surface area contributed by atoms with Crippen LogP contribution < -0.4 is 15.2 Å². The van der Waals surface area contributed by atoms with Crippen molar-refractivity contribution in [2.24, 2.45) is 0 Å². The van der Waals surface area contributed by atoms with Crippen molar-refractivity contribution in [3.8, 4) is 17.2 Å². The molecular formula is C17H14F3N2O2+. The van der Waals surface area contributed by atoms with Gasteiger partial charge in [-0.15, -0.1) is 13.2 Å². The number of nitrogens with zero attached hydrogens (tertiary/aromatic N) is 1. The maximum Gasteiger partial charge on any atom is 0.573 e. The lowest BCUT2D eigenvalue weighted by molar-refractivity contribution is -0.372. The molecule has 1 aliphatic heterocycles. The molecule has 2 aromatic rings. The van der Waals surface area contributed by atoms with Crippen molar-refractivity contribution in [3.63, 3.8) is 0 Å². The van der Waals surface area contributed by atoms with Crippen LogP contribution in [0.25, 0.3) is 0 Å². The molecule has 0 amide bonds. The van der Waals surface area contributed by atoms with Crippen molar-refractivity contribution < 1.29 is 27.2 Å². The largest absolute Gasteiger partial charge is 0.573 e. The van der Waals surface area contributed by atoms with Gasteiger partial charge in [0.2, 0.25) is 5.75 Å². The first kappa shape index (κ1) is 15.9. The highest BCUT2D eigenvalue weighted by atomic mass is 19.4. The van der Waals surface area contributed by atoms with Gasteiger partial charge in [0.15, 0.2) is 11.9 Å². The number of rotatable bonds is 4. The Labute approximate surface area is 136 Å². The summed E-state index contributed by atoms with van der Waals surface area (Å²) < 4.78 is 48.1. The van der Waals surface area contributed by atoms with Crippen molar-refractivity contribution >= 4 is 17.1 Å². The number of allylic oxidation sites excluding steroid dienone is 1. The SMILES string of the molecule is CC1=[N+](c2ccc(N)cc2Oc2ccc(OC(F)(F)F)cc2)C=C1. The Morgan fingerprint density at radius 2 is 1.67 bits per heavy atom. The normalized spacial score (nSPS) is 13.7. The van der Waals surface area contributed by atoms with Crippen LogP contribution in [0.4, 0.5) is 24.5 Å². The van der Waals surface area contributed by atoms with Gasteiger partial charge in [0.25, 0.3) is 5.69 Å². The van der Waals surface area contributed by atoms with E-state index >= 15 is 0 Å². The maximum atomic E-state index is 12.2. The average molecular weight is 335 g/mol. The summed E-state index contributed by atoms with van der Waals surface area (Å²) in [6.45, 7) is 1.95. The lowest BCUT2D eigenvalue weighted by Crippen LogP contribution is -2.17. The third kappa shape index (κ3) is 3.51. The number of halogens is 3. The van der Waals surface area contributed by atoms with Crippen molar-refractivity contribution in [3.05, 3.63) is 54.7 Å². The molecule has 0 bridgehead atoms. The van der Waals surface area contributed by atoms with Crippen LogP contribution in [-0.2, 0) is 0 Å². The Balaban J connectivity index is 1.84. The number of ether oxygens (including phenoxy) is 2. The molecule has 0 atom stereocenters. The Morgan fingerprint density at radius 1 is 1.00 bits per heavy atom. The molecular weight excluding hydrogens is 321 g/mol. The summed E-state index contributed by atoms with van der Waals surface area (Å²) in [6.07, 6.45) is -0.891. The van der Waals surface area contributed by atoms with Gasteiger partial charge in [-0.25, -0.2) is 0 Å². The van der Waals surface area contributed by atoms with E-state index in [9.17, 15) is 13.2 Å². The van der Waals surface area contributed by atoms with E-state index in [1.54, 1.807) is 12.1 Å². The van der Waals surface area contributed by atoms with Crippen molar-refractivity contribution in [1.82, 2.24) is 0 Å². The van der Waals surface area contributed by atoms with Crippen LogP contribution in [0.15, 0.2) is 54.7 Å². The molecule has 4 nitrogen and oxygen atoms in total. The third-order valence-corrected chi connectivity index (χ3v) is 3.37. The van der Waals surface area contributed by atoms with Crippen molar-refractivity contribution in [2.75, 3.05) is 5.73 Å². The first-order valence-electron chi connectivity index (χ1n) is 7.06. The van der Waals surface area contributed by atoms with Crippen molar-refractivity contribution in [2.45, 2.75) is 13.3 Å². The minimum absolute atomic E-state index is 0.308. The third-order valence-electron chi connectivity index (χ3n) is 3.37. The van der Waals surface area contributed by atoms with Gasteiger partial charge in [0.1, 0.15) is 11.5 Å². The quantitative estimate of drug-likeness (QED) is 0.656. The number of benzene rings is 2. The standard InChI is InChI=1S/C17H14F3N2O2/c1-11-8-9-22(11)15-7-2-12(21)10-16(15)23-13-3-5-14(6-4-13)24-17(18,19)20/h2-10H,21H2,1H3/q+1. The molecule has 2 N–H and O–H groups in total. The smallest absolute Gasteiger partial charge is 0.450 e. The highest BCUT2D eigenvalue weighted by Crippen LogP contribution is 2.35. The predicted molar refractivity (Wildman–Crippen MR) is 83.8 cm³/mol. The predicted octanol–water partition coefficient (Wildman–Crippen LogP) is 4.59. The van der Waals surface area contributed by atoms with Gasteiger partial charge in [0.05, 0.1) is 6.08 Å². The number of nitrogens with two attached hydrogens (primary N) is 1. The monoisotopic (exact) mass is 335 g/mol. The molecule has 0 saturated carbocycles. The van der Waals surface area contributed by atoms with Gasteiger partial charge in [-0.3, -0.25) is 0 Å². The fraction of sp³-hybridized carbons (Fsp3) is 0.118. The number of anilines is 1. The highest BCUT2D eigenvalue weighted by molar-refractivity contribution is 5.92. The van der Waals surface area contributed by atoms with E-state index in [-0.39, 0.29) is 5.75 Å². The summed E-state index contributed by atoms with van der Waals surface area (Å²) in [5.41, 5.74) is 8.15. The summed E-state index contributed by atoms with van der Waals surface area (Å²) >= 11 is 0. The number of alkyl halides is 3. The Kier molecular flexibility index (Phi) is 3.92. The van der Waals surface area contributed by atoms with E-state index in [4.69, 9.17) is 10.5 Å². The molecule has 0 saturated heterocycles. The lowest BCUT2D eigenvalue weighted by Gasteiger charge is -2.13. The van der Waals surface area contributed by atoms with E-state index < -0.39 is 6.36 Å². The lowest BCUT2D eigenvalue weighted by atomic mass is 10.2. The molecule has 0 radical (unpaired) electrons. The Bertz CT molecular complexity index is 825. The van der Waals surface area contributed by atoms with E-state index in [1.807, 2.05) is 29.8 Å². The minimum Gasteiger partial charge on any atom is -0.450 e. The number of nitrogen functional groups attached to an aromatic ring is 1. The second-order valence-electron chi connectivity index (χ2n) is 5.18. The zero-order chi connectivity index (χ0) is 17.3. The topological polar surface area (TPSA) is 47.5 Å². The molecule has 24 heavy (non-hydrogen) atoms. The molecule has 0 fully saturated rings. The highest BCUT2D eigenvalue weighted by Gasteiger charge is 2.31. The summed E-state index contributed by atoms with van der Waals surface area (Å²) in [5, 5.41) is 0. The van der Waals surface area contributed by atoms with Crippen LogP contribution in [0.2, 0.25) is 0 Å². The van der Waals surface area contributed by atoms with Crippen LogP contribution >= 0.6 is 0 Å². The van der Waals surface area contributed by atoms with Gasteiger partial charge in [-0.05, 0) is 30.3 Å². The van der Waals surface area contributed by atoms with Crippen molar-refractivity contribution in [1.29, 1.82) is 0 Å². The van der Waals surface area contributed by atoms with Gasteiger partial charge < -0.3 is 15.2 Å². The molecule has 1 heterocycles. The van der Waals surface area contributed by atoms with Crippen LogP contribution in [0.3, 0.4) is 0 Å². The summed E-state index contributed by atoms with van der Waals surface area (Å²) in [5.74, 6) is 0.569. The first-order chi connectivity index (χ1) is 11.3. The van der Waals surface area contributed by atoms with Gasteiger partial charge in [-0.2, -0.15) is 4.58 Å².